The average molecular weight is 620 g/mol. The summed E-state index contributed by atoms with van der Waals surface area (Å²) in [6.45, 7) is -1.50. The van der Waals surface area contributed by atoms with Crippen molar-refractivity contribution in [1.29, 1.82) is 0 Å². The number of aliphatic hydroxyl groups is 1. The first-order valence-corrected chi connectivity index (χ1v) is 12.7. The summed E-state index contributed by atoms with van der Waals surface area (Å²) in [7, 11) is 0. The lowest BCUT2D eigenvalue weighted by Gasteiger charge is -2.15. The number of para-hydroxylation sites is 1. The van der Waals surface area contributed by atoms with Gasteiger partial charge in [-0.05, 0) is 48.5 Å². The maximum Gasteiger partial charge on any atom is 0.416 e. The van der Waals surface area contributed by atoms with Crippen LogP contribution in [0.1, 0.15) is 16.2 Å². The Morgan fingerprint density at radius 1 is 1.02 bits per heavy atom. The van der Waals surface area contributed by atoms with E-state index in [4.69, 9.17) is 11.6 Å². The van der Waals surface area contributed by atoms with Gasteiger partial charge >= 0.3 is 11.9 Å². The van der Waals surface area contributed by atoms with E-state index < -0.39 is 42.1 Å². The second-order valence-electron chi connectivity index (χ2n) is 9.14. The Kier molecular flexibility index (Phi) is 8.10. The molecule has 2 heterocycles. The first-order chi connectivity index (χ1) is 20.4. The molecule has 10 nitrogen and oxygen atoms in total. The summed E-state index contributed by atoms with van der Waals surface area (Å²) in [5.74, 6) is -2.53. The zero-order chi connectivity index (χ0) is 30.9. The molecule has 0 aliphatic rings. The number of aliphatic hydroxyl groups excluding tert-OH is 1. The van der Waals surface area contributed by atoms with Crippen LogP contribution in [-0.2, 0) is 13.1 Å². The third kappa shape index (κ3) is 6.47. The fourth-order valence-electron chi connectivity index (χ4n) is 4.07. The molecule has 3 aromatic carbocycles. The lowest BCUT2D eigenvalue weighted by Crippen LogP contribution is -2.37. The Hall–Kier alpha value is -4.89. The number of halogens is 6. The van der Waals surface area contributed by atoms with Gasteiger partial charge in [0, 0.05) is 16.7 Å². The second kappa shape index (κ2) is 11.8. The normalized spacial score (nSPS) is 12.3. The zero-order valence-corrected chi connectivity index (χ0v) is 22.4. The molecule has 0 saturated heterocycles. The Balaban J connectivity index is 1.45. The number of benzene rings is 3. The predicted molar refractivity (Wildman–Crippen MR) is 144 cm³/mol. The fraction of sp³-hybridized carbons (Fsp3) is 0.148. The van der Waals surface area contributed by atoms with Gasteiger partial charge in [-0.3, -0.25) is 9.36 Å². The van der Waals surface area contributed by atoms with Crippen molar-refractivity contribution >= 4 is 23.2 Å². The van der Waals surface area contributed by atoms with Gasteiger partial charge in [0.05, 0.1) is 23.5 Å². The largest absolute Gasteiger partial charge is 0.416 e. The van der Waals surface area contributed by atoms with E-state index in [1.807, 2.05) is 0 Å². The number of carbonyl (C=O) groups is 1. The van der Waals surface area contributed by atoms with Crippen LogP contribution in [0.15, 0.2) is 77.9 Å². The van der Waals surface area contributed by atoms with Gasteiger partial charge in [-0.15, -0.1) is 10.2 Å². The van der Waals surface area contributed by atoms with Crippen molar-refractivity contribution in [3.8, 4) is 17.1 Å². The SMILES string of the molecule is O=C(Nc1cc(F)ccc1F)c1ccccc1-n1cnc(Cn2nc(-c3ccc(Cl)cc3)n(CC(O)C(F)(F)F)c2=O)n1. The van der Waals surface area contributed by atoms with Gasteiger partial charge in [0.25, 0.3) is 5.91 Å². The number of carbonyl (C=O) groups excluding carboxylic acids is 1. The molecule has 0 bridgehead atoms. The van der Waals surface area contributed by atoms with Crippen molar-refractivity contribution in [2.45, 2.75) is 25.4 Å². The molecule has 0 aliphatic carbocycles. The Labute approximate surface area is 243 Å². The molecule has 0 radical (unpaired) electrons. The third-order valence-corrected chi connectivity index (χ3v) is 6.41. The summed E-state index contributed by atoms with van der Waals surface area (Å²) in [4.78, 5) is 30.2. The number of anilines is 1. The van der Waals surface area contributed by atoms with E-state index in [0.29, 0.717) is 9.59 Å². The van der Waals surface area contributed by atoms with Crippen LogP contribution in [0, 0.1) is 11.6 Å². The highest BCUT2D eigenvalue weighted by Gasteiger charge is 2.39. The summed E-state index contributed by atoms with van der Waals surface area (Å²) in [6, 6.07) is 14.5. The number of nitrogens with zero attached hydrogens (tertiary/aromatic N) is 6. The summed E-state index contributed by atoms with van der Waals surface area (Å²) >= 11 is 5.91. The lowest BCUT2D eigenvalue weighted by atomic mass is 10.1. The van der Waals surface area contributed by atoms with Crippen LogP contribution >= 0.6 is 11.6 Å². The molecule has 5 rings (SSSR count). The molecular weight excluding hydrogens is 601 g/mol. The van der Waals surface area contributed by atoms with Gasteiger partial charge in [0.2, 0.25) is 0 Å². The first-order valence-electron chi connectivity index (χ1n) is 12.4. The Morgan fingerprint density at radius 2 is 1.74 bits per heavy atom. The van der Waals surface area contributed by atoms with Crippen molar-refractivity contribution in [1.82, 2.24) is 29.1 Å². The van der Waals surface area contributed by atoms with Gasteiger partial charge in [0.15, 0.2) is 17.8 Å². The molecule has 2 aromatic heterocycles. The molecule has 1 unspecified atom stereocenters. The van der Waals surface area contributed by atoms with E-state index in [1.165, 1.54) is 53.5 Å². The maximum atomic E-state index is 14.1. The first kappa shape index (κ1) is 29.6. The van der Waals surface area contributed by atoms with E-state index in [-0.39, 0.29) is 40.7 Å². The molecule has 1 atom stereocenters. The molecule has 0 saturated carbocycles. The lowest BCUT2D eigenvalue weighted by molar-refractivity contribution is -0.207. The molecule has 2 N–H and O–H groups in total. The van der Waals surface area contributed by atoms with Gasteiger partial charge in [-0.2, -0.15) is 13.2 Å². The quantitative estimate of drug-likeness (QED) is 0.248. The monoisotopic (exact) mass is 619 g/mol. The van der Waals surface area contributed by atoms with Gasteiger partial charge < -0.3 is 10.4 Å². The predicted octanol–water partition coefficient (Wildman–Crippen LogP) is 4.45. The standard InChI is InChI=1S/C27H19ClF5N7O3/c28-16-7-5-15(6-8-16)24-37-39(26(43)38(24)12-22(41)27(31,32)33)13-23-34-14-40(36-23)21-4-2-1-3-18(21)25(42)35-20-11-17(29)9-10-19(20)30/h1-11,14,22,41H,12-13H2,(H,35,42). The minimum absolute atomic E-state index is 0.00263. The minimum atomic E-state index is -4.99. The van der Waals surface area contributed by atoms with Crippen molar-refractivity contribution < 1.29 is 31.9 Å². The summed E-state index contributed by atoms with van der Waals surface area (Å²) < 4.78 is 69.7. The van der Waals surface area contributed by atoms with Gasteiger partial charge in [-0.1, -0.05) is 23.7 Å². The van der Waals surface area contributed by atoms with Crippen molar-refractivity contribution in [2.24, 2.45) is 0 Å². The Morgan fingerprint density at radius 3 is 2.47 bits per heavy atom. The number of rotatable bonds is 8. The zero-order valence-electron chi connectivity index (χ0n) is 21.6. The van der Waals surface area contributed by atoms with Crippen molar-refractivity contribution in [3.05, 3.63) is 112 Å². The fourth-order valence-corrected chi connectivity index (χ4v) is 4.19. The molecule has 222 valence electrons. The number of hydrogen-bond acceptors (Lipinski definition) is 6. The van der Waals surface area contributed by atoms with Crippen LogP contribution < -0.4 is 11.0 Å². The third-order valence-electron chi connectivity index (χ3n) is 6.16. The smallest absolute Gasteiger partial charge is 0.382 e. The molecule has 0 aliphatic heterocycles. The molecule has 5 aromatic rings. The number of aromatic nitrogens is 6. The Bertz CT molecular complexity index is 1850. The van der Waals surface area contributed by atoms with Gasteiger partial charge in [0.1, 0.15) is 24.5 Å². The van der Waals surface area contributed by atoms with Crippen molar-refractivity contribution in [2.75, 3.05) is 5.32 Å². The summed E-state index contributed by atoms with van der Waals surface area (Å²) in [5.41, 5.74) is -0.857. The summed E-state index contributed by atoms with van der Waals surface area (Å²) in [6.07, 6.45) is -6.60. The number of amides is 1. The molecule has 16 heteroatoms. The highest BCUT2D eigenvalue weighted by molar-refractivity contribution is 6.30. The average Bonchev–Trinajstić information content (AvgIpc) is 3.55. The number of alkyl halides is 3. The topological polar surface area (TPSA) is 120 Å². The second-order valence-corrected chi connectivity index (χ2v) is 9.58. The molecule has 0 fully saturated rings. The van der Waals surface area contributed by atoms with Crippen LogP contribution in [0.3, 0.4) is 0 Å². The summed E-state index contributed by atoms with van der Waals surface area (Å²) in [5, 5.41) is 20.7. The van der Waals surface area contributed by atoms with Crippen LogP contribution in [0.5, 0.6) is 0 Å². The molecule has 43 heavy (non-hydrogen) atoms. The number of hydrogen-bond donors (Lipinski definition) is 2. The highest BCUT2D eigenvalue weighted by atomic mass is 35.5. The van der Waals surface area contributed by atoms with Crippen LogP contribution in [0.2, 0.25) is 5.02 Å². The van der Waals surface area contributed by atoms with E-state index in [2.05, 4.69) is 20.5 Å². The van der Waals surface area contributed by atoms with E-state index in [1.54, 1.807) is 6.07 Å². The number of nitrogens with one attached hydrogen (secondary N) is 1. The molecule has 1 amide bonds. The maximum absolute atomic E-state index is 14.1. The highest BCUT2D eigenvalue weighted by Crippen LogP contribution is 2.24. The molecule has 0 spiro atoms. The van der Waals surface area contributed by atoms with Crippen molar-refractivity contribution in [3.63, 3.8) is 0 Å². The van der Waals surface area contributed by atoms with Crippen LogP contribution in [0.25, 0.3) is 17.1 Å². The van der Waals surface area contributed by atoms with Crippen LogP contribution in [0.4, 0.5) is 27.6 Å². The van der Waals surface area contributed by atoms with Crippen LogP contribution in [-0.4, -0.2) is 52.4 Å². The van der Waals surface area contributed by atoms with E-state index >= 15 is 0 Å². The van der Waals surface area contributed by atoms with Gasteiger partial charge in [-0.25, -0.2) is 27.9 Å². The van der Waals surface area contributed by atoms with E-state index in [0.717, 1.165) is 22.9 Å². The van der Waals surface area contributed by atoms with E-state index in [9.17, 15) is 36.6 Å². The minimum Gasteiger partial charge on any atom is -0.382 e. The molecular formula is C27H19ClF5N7O3.